The summed E-state index contributed by atoms with van der Waals surface area (Å²) < 4.78 is 0. The van der Waals surface area contributed by atoms with Gasteiger partial charge in [-0.3, -0.25) is 0 Å². The number of nitrogens with zero attached hydrogens (tertiary/aromatic N) is 2. The van der Waals surface area contributed by atoms with Crippen LogP contribution in [0.5, 0.6) is 0 Å². The van der Waals surface area contributed by atoms with E-state index >= 15 is 0 Å². The predicted molar refractivity (Wildman–Crippen MR) is 69.7 cm³/mol. The zero-order chi connectivity index (χ0) is 12.6. The molecule has 1 fully saturated rings. The molecule has 0 bridgehead atoms. The summed E-state index contributed by atoms with van der Waals surface area (Å²) >= 11 is 0. The molecular formula is C14H18N4. The summed E-state index contributed by atoms with van der Waals surface area (Å²) in [5.74, 6) is 5.92. The molecule has 94 valence electrons. The van der Waals surface area contributed by atoms with Crippen molar-refractivity contribution in [2.45, 2.75) is 44.9 Å². The minimum absolute atomic E-state index is 0.499. The Labute approximate surface area is 107 Å². The number of fused-ring (bicyclic) bond motifs is 1. The van der Waals surface area contributed by atoms with Gasteiger partial charge in [0.05, 0.1) is 5.56 Å². The minimum Gasteiger partial charge on any atom is -0.307 e. The summed E-state index contributed by atoms with van der Waals surface area (Å²) in [4.78, 5) is 4.50. The van der Waals surface area contributed by atoms with Gasteiger partial charge < -0.3 is 5.43 Å². The number of rotatable bonds is 1. The molecule has 3 N–H and O–H groups in total. The van der Waals surface area contributed by atoms with Crippen LogP contribution < -0.4 is 11.3 Å². The van der Waals surface area contributed by atoms with Gasteiger partial charge in [-0.25, -0.2) is 10.8 Å². The summed E-state index contributed by atoms with van der Waals surface area (Å²) in [7, 11) is 0. The van der Waals surface area contributed by atoms with Crippen molar-refractivity contribution in [3.05, 3.63) is 22.9 Å². The Hall–Kier alpha value is -1.60. The minimum atomic E-state index is 0.499. The van der Waals surface area contributed by atoms with E-state index in [1.807, 2.05) is 6.07 Å². The van der Waals surface area contributed by atoms with Crippen molar-refractivity contribution in [3.63, 3.8) is 0 Å². The number of nitriles is 1. The van der Waals surface area contributed by atoms with Gasteiger partial charge >= 0.3 is 0 Å². The number of hydrogen-bond donors (Lipinski definition) is 2. The molecule has 18 heavy (non-hydrogen) atoms. The molecule has 0 amide bonds. The standard InChI is InChI=1S/C14H18N4/c15-9-11-7-10-8-14(4-1-2-5-14)6-3-12(10)17-13(11)18-16/h7H,1-6,8,16H2,(H,17,18). The second-order valence-electron chi connectivity index (χ2n) is 5.63. The Balaban J connectivity index is 1.98. The van der Waals surface area contributed by atoms with E-state index in [1.165, 1.54) is 37.7 Å². The van der Waals surface area contributed by atoms with Crippen LogP contribution in [-0.2, 0) is 12.8 Å². The average Bonchev–Trinajstić information content (AvgIpc) is 2.85. The Morgan fingerprint density at radius 2 is 2.11 bits per heavy atom. The number of pyridine rings is 1. The molecule has 3 rings (SSSR count). The van der Waals surface area contributed by atoms with Gasteiger partial charge in [0.2, 0.25) is 0 Å². The van der Waals surface area contributed by atoms with Crippen LogP contribution in [0.2, 0.25) is 0 Å². The SMILES string of the molecule is N#Cc1cc2c(nc1NN)CCC1(CCCC1)C2. The van der Waals surface area contributed by atoms with E-state index in [0.29, 0.717) is 16.8 Å². The zero-order valence-corrected chi connectivity index (χ0v) is 10.5. The highest BCUT2D eigenvalue weighted by Gasteiger charge is 2.37. The van der Waals surface area contributed by atoms with Crippen molar-refractivity contribution < 1.29 is 0 Å². The maximum absolute atomic E-state index is 9.12. The van der Waals surface area contributed by atoms with Crippen LogP contribution in [0.15, 0.2) is 6.07 Å². The number of hydrazine groups is 1. The van der Waals surface area contributed by atoms with E-state index in [1.54, 1.807) is 0 Å². The van der Waals surface area contributed by atoms with Gasteiger partial charge in [0, 0.05) is 5.69 Å². The Morgan fingerprint density at radius 3 is 2.78 bits per heavy atom. The number of nitrogen functional groups attached to an aromatic ring is 1. The molecule has 0 aliphatic heterocycles. The van der Waals surface area contributed by atoms with Crippen LogP contribution in [0.4, 0.5) is 5.82 Å². The fraction of sp³-hybridized carbons (Fsp3) is 0.571. The van der Waals surface area contributed by atoms with Crippen LogP contribution in [-0.4, -0.2) is 4.98 Å². The van der Waals surface area contributed by atoms with E-state index in [9.17, 15) is 0 Å². The normalized spacial score (nSPS) is 20.4. The molecule has 1 aromatic rings. The summed E-state index contributed by atoms with van der Waals surface area (Å²) in [5.41, 5.74) is 5.97. The van der Waals surface area contributed by atoms with E-state index in [2.05, 4.69) is 16.5 Å². The smallest absolute Gasteiger partial charge is 0.158 e. The molecule has 1 heterocycles. The Kier molecular flexibility index (Phi) is 2.71. The number of nitrogens with two attached hydrogens (primary N) is 1. The van der Waals surface area contributed by atoms with E-state index in [-0.39, 0.29) is 0 Å². The topological polar surface area (TPSA) is 74.7 Å². The molecule has 1 aromatic heterocycles. The summed E-state index contributed by atoms with van der Waals surface area (Å²) in [6, 6.07) is 4.15. The van der Waals surface area contributed by atoms with Gasteiger partial charge in [0.1, 0.15) is 6.07 Å². The third kappa shape index (κ3) is 1.75. The monoisotopic (exact) mass is 242 g/mol. The second-order valence-corrected chi connectivity index (χ2v) is 5.63. The fourth-order valence-corrected chi connectivity index (χ4v) is 3.59. The molecule has 0 radical (unpaired) electrons. The van der Waals surface area contributed by atoms with Crippen molar-refractivity contribution in [1.82, 2.24) is 4.98 Å². The first-order chi connectivity index (χ1) is 8.76. The van der Waals surface area contributed by atoms with Crippen LogP contribution >= 0.6 is 0 Å². The average molecular weight is 242 g/mol. The van der Waals surface area contributed by atoms with E-state index in [4.69, 9.17) is 11.1 Å². The fourth-order valence-electron chi connectivity index (χ4n) is 3.59. The third-order valence-corrected chi connectivity index (χ3v) is 4.57. The molecule has 2 aliphatic carbocycles. The molecule has 0 unspecified atom stereocenters. The maximum atomic E-state index is 9.12. The van der Waals surface area contributed by atoms with Gasteiger partial charge in [-0.2, -0.15) is 5.26 Å². The number of anilines is 1. The Bertz CT molecular complexity index is 509. The molecule has 2 aliphatic rings. The largest absolute Gasteiger partial charge is 0.307 e. The van der Waals surface area contributed by atoms with Gasteiger partial charge in [-0.15, -0.1) is 0 Å². The molecule has 1 saturated carbocycles. The molecule has 0 saturated heterocycles. The number of aryl methyl sites for hydroxylation is 1. The van der Waals surface area contributed by atoms with Gasteiger partial charge in [0.15, 0.2) is 5.82 Å². The van der Waals surface area contributed by atoms with Crippen molar-refractivity contribution in [2.24, 2.45) is 11.3 Å². The van der Waals surface area contributed by atoms with E-state index in [0.717, 1.165) is 18.5 Å². The van der Waals surface area contributed by atoms with Crippen molar-refractivity contribution >= 4 is 5.82 Å². The summed E-state index contributed by atoms with van der Waals surface area (Å²) in [5, 5.41) is 9.12. The summed E-state index contributed by atoms with van der Waals surface area (Å²) in [6.45, 7) is 0. The molecular weight excluding hydrogens is 224 g/mol. The van der Waals surface area contributed by atoms with E-state index < -0.39 is 0 Å². The van der Waals surface area contributed by atoms with Crippen molar-refractivity contribution in [2.75, 3.05) is 5.43 Å². The van der Waals surface area contributed by atoms with Crippen LogP contribution in [0, 0.1) is 16.7 Å². The highest BCUT2D eigenvalue weighted by Crippen LogP contribution is 2.47. The first-order valence-corrected chi connectivity index (χ1v) is 6.66. The van der Waals surface area contributed by atoms with Gasteiger partial charge in [0.25, 0.3) is 0 Å². The van der Waals surface area contributed by atoms with Crippen LogP contribution in [0.1, 0.15) is 48.9 Å². The molecule has 0 aromatic carbocycles. The molecule has 1 spiro atoms. The summed E-state index contributed by atoms with van der Waals surface area (Å²) in [6.07, 6.45) is 8.75. The van der Waals surface area contributed by atoms with Crippen LogP contribution in [0.3, 0.4) is 0 Å². The first-order valence-electron chi connectivity index (χ1n) is 6.66. The Morgan fingerprint density at radius 1 is 1.33 bits per heavy atom. The van der Waals surface area contributed by atoms with Crippen molar-refractivity contribution in [3.8, 4) is 6.07 Å². The van der Waals surface area contributed by atoms with Crippen LogP contribution in [0.25, 0.3) is 0 Å². The lowest BCUT2D eigenvalue weighted by Gasteiger charge is -2.34. The molecule has 0 atom stereocenters. The number of hydrogen-bond acceptors (Lipinski definition) is 4. The highest BCUT2D eigenvalue weighted by atomic mass is 15.2. The molecule has 4 heteroatoms. The number of aromatic nitrogens is 1. The quantitative estimate of drug-likeness (QED) is 0.585. The van der Waals surface area contributed by atoms with Gasteiger partial charge in [-0.05, 0) is 49.1 Å². The zero-order valence-electron chi connectivity index (χ0n) is 10.5. The first kappa shape index (κ1) is 11.5. The lowest BCUT2D eigenvalue weighted by Crippen LogP contribution is -2.27. The second kappa shape index (κ2) is 4.25. The predicted octanol–water partition coefficient (Wildman–Crippen LogP) is 2.29. The lowest BCUT2D eigenvalue weighted by atomic mass is 9.71. The van der Waals surface area contributed by atoms with Gasteiger partial charge in [-0.1, -0.05) is 12.8 Å². The van der Waals surface area contributed by atoms with Crippen molar-refractivity contribution in [1.29, 1.82) is 5.26 Å². The lowest BCUT2D eigenvalue weighted by molar-refractivity contribution is 0.253. The molecule has 4 nitrogen and oxygen atoms in total. The third-order valence-electron chi connectivity index (χ3n) is 4.57. The maximum Gasteiger partial charge on any atom is 0.158 e. The highest BCUT2D eigenvalue weighted by molar-refractivity contribution is 5.54. The number of nitrogens with one attached hydrogen (secondary N) is 1.